The Morgan fingerprint density at radius 1 is 1.29 bits per heavy atom. The van der Waals surface area contributed by atoms with E-state index in [0.29, 0.717) is 12.0 Å². The lowest BCUT2D eigenvalue weighted by atomic mass is 9.87. The first-order valence-corrected chi connectivity index (χ1v) is 6.55. The van der Waals surface area contributed by atoms with Crippen LogP contribution in [0.3, 0.4) is 0 Å². The van der Waals surface area contributed by atoms with Gasteiger partial charge in [0.25, 0.3) is 0 Å². The molecular weight excluding hydrogens is 210 g/mol. The number of hydrogen-bond acceptors (Lipinski definition) is 2. The summed E-state index contributed by atoms with van der Waals surface area (Å²) in [6, 6.07) is 10.6. The molecule has 0 spiro atoms. The van der Waals surface area contributed by atoms with Crippen molar-refractivity contribution < 1.29 is 5.11 Å². The van der Waals surface area contributed by atoms with E-state index in [1.165, 1.54) is 24.9 Å². The average molecular weight is 231 g/mol. The molecule has 1 saturated carbocycles. The van der Waals surface area contributed by atoms with Gasteiger partial charge in [-0.25, -0.2) is 0 Å². The monoisotopic (exact) mass is 231 g/mol. The number of hydrogen-bond donors (Lipinski definition) is 1. The van der Waals surface area contributed by atoms with Crippen LogP contribution < -0.4 is 0 Å². The number of fused-ring (bicyclic) bond motifs is 1. The molecular formula is C15H21NO. The van der Waals surface area contributed by atoms with Gasteiger partial charge in [-0.1, -0.05) is 37.3 Å². The standard InChI is InChI=1S/C15H21NO/c1-14-7-8-16(11-15(14,10-14)12-17)9-13-5-3-2-4-6-13/h2-6,17H,7-12H2,1H3. The van der Waals surface area contributed by atoms with Gasteiger partial charge in [0.05, 0.1) is 6.61 Å². The molecule has 2 fully saturated rings. The summed E-state index contributed by atoms with van der Waals surface area (Å²) in [4.78, 5) is 2.50. The van der Waals surface area contributed by atoms with Crippen molar-refractivity contribution in [3.63, 3.8) is 0 Å². The minimum absolute atomic E-state index is 0.208. The molecule has 1 aromatic rings. The molecule has 2 aliphatic rings. The third-order valence-corrected chi connectivity index (χ3v) is 4.94. The maximum Gasteiger partial charge on any atom is 0.0505 e. The summed E-state index contributed by atoms with van der Waals surface area (Å²) in [5.74, 6) is 0. The molecule has 1 heterocycles. The zero-order valence-corrected chi connectivity index (χ0v) is 10.5. The van der Waals surface area contributed by atoms with Gasteiger partial charge in [-0.2, -0.15) is 0 Å². The van der Waals surface area contributed by atoms with Crippen molar-refractivity contribution in [3.05, 3.63) is 35.9 Å². The fourth-order valence-corrected chi connectivity index (χ4v) is 3.49. The van der Waals surface area contributed by atoms with E-state index in [9.17, 15) is 5.11 Å². The minimum atomic E-state index is 0.208. The number of aliphatic hydroxyl groups is 1. The van der Waals surface area contributed by atoms with E-state index in [1.807, 2.05) is 0 Å². The lowest BCUT2D eigenvalue weighted by Gasteiger charge is -2.35. The van der Waals surface area contributed by atoms with Crippen LogP contribution in [0.2, 0.25) is 0 Å². The second-order valence-corrected chi connectivity index (χ2v) is 6.12. The summed E-state index contributed by atoms with van der Waals surface area (Å²) in [7, 11) is 0. The Morgan fingerprint density at radius 3 is 2.76 bits per heavy atom. The molecule has 0 aromatic heterocycles. The van der Waals surface area contributed by atoms with Gasteiger partial charge in [0, 0.05) is 18.5 Å². The van der Waals surface area contributed by atoms with Gasteiger partial charge >= 0.3 is 0 Å². The lowest BCUT2D eigenvalue weighted by molar-refractivity contribution is 0.0728. The van der Waals surface area contributed by atoms with Crippen LogP contribution in [0.5, 0.6) is 0 Å². The molecule has 0 radical (unpaired) electrons. The van der Waals surface area contributed by atoms with Gasteiger partial charge in [-0.15, -0.1) is 0 Å². The van der Waals surface area contributed by atoms with Crippen LogP contribution in [0.25, 0.3) is 0 Å². The Bertz CT molecular complexity index is 405. The SMILES string of the molecule is CC12CCN(Cc3ccccc3)CC1(CO)C2. The maximum absolute atomic E-state index is 9.61. The third-order valence-electron chi connectivity index (χ3n) is 4.94. The highest BCUT2D eigenvalue weighted by molar-refractivity contribution is 5.18. The van der Waals surface area contributed by atoms with Crippen LogP contribution in [-0.4, -0.2) is 29.7 Å². The lowest BCUT2D eigenvalue weighted by Crippen LogP contribution is -2.40. The van der Waals surface area contributed by atoms with E-state index >= 15 is 0 Å². The second-order valence-electron chi connectivity index (χ2n) is 6.12. The third kappa shape index (κ3) is 1.80. The summed E-state index contributed by atoms with van der Waals surface area (Å²) < 4.78 is 0. The quantitative estimate of drug-likeness (QED) is 0.862. The molecule has 1 N–H and O–H groups in total. The molecule has 92 valence electrons. The van der Waals surface area contributed by atoms with Gasteiger partial charge in [0.1, 0.15) is 0 Å². The van der Waals surface area contributed by atoms with E-state index in [4.69, 9.17) is 0 Å². The summed E-state index contributed by atoms with van der Waals surface area (Å²) in [5, 5.41) is 9.61. The summed E-state index contributed by atoms with van der Waals surface area (Å²) >= 11 is 0. The molecule has 1 aromatic carbocycles. The molecule has 17 heavy (non-hydrogen) atoms. The van der Waals surface area contributed by atoms with Crippen LogP contribution in [-0.2, 0) is 6.54 Å². The Morgan fingerprint density at radius 2 is 2.06 bits per heavy atom. The van der Waals surface area contributed by atoms with Crippen LogP contribution in [0, 0.1) is 10.8 Å². The normalized spacial score (nSPS) is 36.6. The summed E-state index contributed by atoms with van der Waals surface area (Å²) in [6.45, 7) is 5.96. The highest BCUT2D eigenvalue weighted by atomic mass is 16.3. The van der Waals surface area contributed by atoms with E-state index in [2.05, 4.69) is 42.2 Å². The average Bonchev–Trinajstić information content (AvgIpc) is 2.97. The number of nitrogens with zero attached hydrogens (tertiary/aromatic N) is 1. The molecule has 2 heteroatoms. The molecule has 1 aliphatic carbocycles. The highest BCUT2D eigenvalue weighted by Crippen LogP contribution is 2.67. The van der Waals surface area contributed by atoms with Gasteiger partial charge < -0.3 is 5.11 Å². The Hall–Kier alpha value is -0.860. The Kier molecular flexibility index (Phi) is 2.53. The fourth-order valence-electron chi connectivity index (χ4n) is 3.49. The minimum Gasteiger partial charge on any atom is -0.396 e. The molecule has 2 unspecified atom stereocenters. The van der Waals surface area contributed by atoms with Crippen LogP contribution >= 0.6 is 0 Å². The fraction of sp³-hybridized carbons (Fsp3) is 0.600. The topological polar surface area (TPSA) is 23.5 Å². The largest absolute Gasteiger partial charge is 0.396 e. The molecule has 2 nitrogen and oxygen atoms in total. The molecule has 3 rings (SSSR count). The van der Waals surface area contributed by atoms with Gasteiger partial charge in [0.15, 0.2) is 0 Å². The van der Waals surface area contributed by atoms with Gasteiger partial charge in [-0.3, -0.25) is 4.90 Å². The van der Waals surface area contributed by atoms with Crippen LogP contribution in [0.1, 0.15) is 25.3 Å². The number of benzene rings is 1. The first kappa shape index (κ1) is 11.2. The van der Waals surface area contributed by atoms with E-state index in [-0.39, 0.29) is 5.41 Å². The molecule has 2 atom stereocenters. The van der Waals surface area contributed by atoms with E-state index < -0.39 is 0 Å². The second kappa shape index (κ2) is 3.82. The number of piperidine rings is 1. The van der Waals surface area contributed by atoms with Crippen molar-refractivity contribution in [1.29, 1.82) is 0 Å². The van der Waals surface area contributed by atoms with Crippen molar-refractivity contribution in [2.24, 2.45) is 10.8 Å². The van der Waals surface area contributed by atoms with Crippen molar-refractivity contribution in [2.45, 2.75) is 26.3 Å². The van der Waals surface area contributed by atoms with E-state index in [0.717, 1.165) is 13.1 Å². The molecule has 0 bridgehead atoms. The van der Waals surface area contributed by atoms with Crippen molar-refractivity contribution in [3.8, 4) is 0 Å². The van der Waals surface area contributed by atoms with E-state index in [1.54, 1.807) is 0 Å². The number of aliphatic hydroxyl groups excluding tert-OH is 1. The molecule has 0 amide bonds. The smallest absolute Gasteiger partial charge is 0.0505 e. The molecule has 1 aliphatic heterocycles. The maximum atomic E-state index is 9.61. The first-order chi connectivity index (χ1) is 8.17. The van der Waals surface area contributed by atoms with Crippen molar-refractivity contribution in [2.75, 3.05) is 19.7 Å². The summed E-state index contributed by atoms with van der Waals surface area (Å²) in [5.41, 5.74) is 2.01. The van der Waals surface area contributed by atoms with Gasteiger partial charge in [-0.05, 0) is 30.4 Å². The number of rotatable bonds is 3. The molecule has 1 saturated heterocycles. The Balaban J connectivity index is 1.67. The van der Waals surface area contributed by atoms with Crippen molar-refractivity contribution >= 4 is 0 Å². The number of likely N-dealkylation sites (tertiary alicyclic amines) is 1. The summed E-state index contributed by atoms with van der Waals surface area (Å²) in [6.07, 6.45) is 2.45. The zero-order chi connectivity index (χ0) is 11.9. The first-order valence-electron chi connectivity index (χ1n) is 6.55. The van der Waals surface area contributed by atoms with Crippen LogP contribution in [0.15, 0.2) is 30.3 Å². The zero-order valence-electron chi connectivity index (χ0n) is 10.5. The highest BCUT2D eigenvalue weighted by Gasteiger charge is 2.65. The van der Waals surface area contributed by atoms with Gasteiger partial charge in [0.2, 0.25) is 0 Å². The Labute approximate surface area is 103 Å². The van der Waals surface area contributed by atoms with Crippen LogP contribution in [0.4, 0.5) is 0 Å². The van der Waals surface area contributed by atoms with Crippen molar-refractivity contribution in [1.82, 2.24) is 4.90 Å². The predicted octanol–water partition coefficient (Wildman–Crippen LogP) is 2.28. The predicted molar refractivity (Wildman–Crippen MR) is 68.6 cm³/mol.